The normalized spacial score (nSPS) is 21.8. The molecule has 0 aliphatic carbocycles. The number of carbonyl (C=O) groups is 1. The van der Waals surface area contributed by atoms with E-state index in [0.29, 0.717) is 18.7 Å². The molecule has 1 aromatic carbocycles. The zero-order valence-electron chi connectivity index (χ0n) is 16.2. The third-order valence-electron chi connectivity index (χ3n) is 5.70. The van der Waals surface area contributed by atoms with Crippen LogP contribution in [-0.4, -0.2) is 49.3 Å². The number of halogens is 1. The number of rotatable bonds is 3. The Kier molecular flexibility index (Phi) is 5.05. The van der Waals surface area contributed by atoms with Crippen molar-refractivity contribution in [3.05, 3.63) is 23.5 Å². The minimum atomic E-state index is -0.862. The van der Waals surface area contributed by atoms with Crippen LogP contribution in [0.2, 0.25) is 0 Å². The van der Waals surface area contributed by atoms with Crippen LogP contribution < -0.4 is 10.2 Å². The summed E-state index contributed by atoms with van der Waals surface area (Å²) in [6.07, 6.45) is 3.10. The summed E-state index contributed by atoms with van der Waals surface area (Å²) >= 11 is 0. The van der Waals surface area contributed by atoms with Crippen LogP contribution in [0.15, 0.2) is 12.1 Å². The second kappa shape index (κ2) is 6.85. The van der Waals surface area contributed by atoms with Crippen LogP contribution in [0, 0.1) is 5.82 Å². The van der Waals surface area contributed by atoms with Crippen LogP contribution in [0.3, 0.4) is 0 Å². The lowest BCUT2D eigenvalue weighted by molar-refractivity contribution is 0.00578. The zero-order chi connectivity index (χ0) is 19.1. The SMILES string of the molecule is COc1cc(F)c(B2OC(C)(C)C(C)(C)O2)cc1C(=O)N1CCCCC1. The fourth-order valence-electron chi connectivity index (χ4n) is 3.33. The molecule has 0 radical (unpaired) electrons. The second-order valence-electron chi connectivity index (χ2n) is 8.02. The minimum absolute atomic E-state index is 0.140. The van der Waals surface area contributed by atoms with Crippen molar-refractivity contribution in [2.75, 3.05) is 20.2 Å². The van der Waals surface area contributed by atoms with E-state index in [2.05, 4.69) is 0 Å². The summed E-state index contributed by atoms with van der Waals surface area (Å²) in [5.41, 5.74) is -0.590. The summed E-state index contributed by atoms with van der Waals surface area (Å²) in [5.74, 6) is -0.409. The summed E-state index contributed by atoms with van der Waals surface area (Å²) < 4.78 is 31.9. The van der Waals surface area contributed by atoms with Crippen molar-refractivity contribution in [2.24, 2.45) is 0 Å². The molecule has 2 saturated heterocycles. The van der Waals surface area contributed by atoms with Crippen LogP contribution >= 0.6 is 0 Å². The van der Waals surface area contributed by atoms with Crippen molar-refractivity contribution >= 4 is 18.5 Å². The Morgan fingerprint density at radius 2 is 1.69 bits per heavy atom. The molecule has 2 heterocycles. The maximum absolute atomic E-state index is 14.7. The number of ether oxygens (including phenoxy) is 1. The number of amides is 1. The Labute approximate surface area is 154 Å². The van der Waals surface area contributed by atoms with Crippen LogP contribution in [0.1, 0.15) is 57.3 Å². The van der Waals surface area contributed by atoms with Crippen LogP contribution in [-0.2, 0) is 9.31 Å². The molecular formula is C19H27BFNO4. The third-order valence-corrected chi connectivity index (χ3v) is 5.70. The maximum atomic E-state index is 14.7. The summed E-state index contributed by atoms with van der Waals surface area (Å²) in [5, 5.41) is 0. The number of nitrogens with zero attached hydrogens (tertiary/aromatic N) is 1. The molecule has 1 aromatic rings. The highest BCUT2D eigenvalue weighted by Crippen LogP contribution is 2.37. The van der Waals surface area contributed by atoms with E-state index < -0.39 is 24.1 Å². The summed E-state index contributed by atoms with van der Waals surface area (Å²) in [6.45, 7) is 9.07. The van der Waals surface area contributed by atoms with Crippen molar-refractivity contribution in [1.82, 2.24) is 4.90 Å². The number of hydrogen-bond acceptors (Lipinski definition) is 4. The highest BCUT2D eigenvalue weighted by molar-refractivity contribution is 6.62. The van der Waals surface area contributed by atoms with E-state index in [1.165, 1.54) is 19.2 Å². The lowest BCUT2D eigenvalue weighted by Gasteiger charge is -2.32. The first-order valence-electron chi connectivity index (χ1n) is 9.18. The van der Waals surface area contributed by atoms with E-state index in [1.807, 2.05) is 27.7 Å². The number of methoxy groups -OCH3 is 1. The Morgan fingerprint density at radius 1 is 1.12 bits per heavy atom. The van der Waals surface area contributed by atoms with E-state index in [9.17, 15) is 9.18 Å². The molecule has 1 amide bonds. The molecule has 2 aliphatic heterocycles. The zero-order valence-corrected chi connectivity index (χ0v) is 16.2. The molecule has 3 rings (SSSR count). The third kappa shape index (κ3) is 3.34. The number of likely N-dealkylation sites (tertiary alicyclic amines) is 1. The van der Waals surface area contributed by atoms with E-state index in [0.717, 1.165) is 19.3 Å². The first-order chi connectivity index (χ1) is 12.2. The molecule has 0 N–H and O–H groups in total. The average Bonchev–Trinajstić information content (AvgIpc) is 2.82. The smallest absolute Gasteiger partial charge is 0.496 e. The van der Waals surface area contributed by atoms with Crippen LogP contribution in [0.5, 0.6) is 5.75 Å². The molecule has 7 heteroatoms. The van der Waals surface area contributed by atoms with Crippen molar-refractivity contribution in [2.45, 2.75) is 58.2 Å². The number of carbonyl (C=O) groups excluding carboxylic acids is 1. The lowest BCUT2D eigenvalue weighted by Crippen LogP contribution is -2.41. The molecule has 2 aliphatic rings. The summed E-state index contributed by atoms with van der Waals surface area (Å²) in [7, 11) is 0.578. The van der Waals surface area contributed by atoms with Gasteiger partial charge < -0.3 is 18.9 Å². The highest BCUT2D eigenvalue weighted by atomic mass is 19.1. The molecular weight excluding hydrogens is 336 g/mol. The molecule has 5 nitrogen and oxygen atoms in total. The van der Waals surface area contributed by atoms with E-state index in [-0.39, 0.29) is 17.1 Å². The van der Waals surface area contributed by atoms with Gasteiger partial charge in [0, 0.05) is 24.6 Å². The first-order valence-corrected chi connectivity index (χ1v) is 9.18. The highest BCUT2D eigenvalue weighted by Gasteiger charge is 2.52. The number of benzene rings is 1. The van der Waals surface area contributed by atoms with E-state index in [4.69, 9.17) is 14.0 Å². The molecule has 0 spiro atoms. The fourth-order valence-corrected chi connectivity index (χ4v) is 3.33. The summed E-state index contributed by atoms with van der Waals surface area (Å²) in [6, 6.07) is 2.77. The van der Waals surface area contributed by atoms with Gasteiger partial charge in [-0.05, 0) is 53.0 Å². The summed E-state index contributed by atoms with van der Waals surface area (Å²) in [4.78, 5) is 14.8. The topological polar surface area (TPSA) is 48.0 Å². The quantitative estimate of drug-likeness (QED) is 0.775. The van der Waals surface area contributed by atoms with Gasteiger partial charge >= 0.3 is 7.12 Å². The fraction of sp³-hybridized carbons (Fsp3) is 0.632. The van der Waals surface area contributed by atoms with Crippen molar-refractivity contribution in [3.8, 4) is 5.75 Å². The Morgan fingerprint density at radius 3 is 2.23 bits per heavy atom. The monoisotopic (exact) mass is 363 g/mol. The molecule has 26 heavy (non-hydrogen) atoms. The van der Waals surface area contributed by atoms with Crippen LogP contribution in [0.4, 0.5) is 4.39 Å². The van der Waals surface area contributed by atoms with Gasteiger partial charge in [-0.1, -0.05) is 0 Å². The van der Waals surface area contributed by atoms with Gasteiger partial charge in [-0.2, -0.15) is 0 Å². The van der Waals surface area contributed by atoms with Gasteiger partial charge in [-0.25, -0.2) is 4.39 Å². The van der Waals surface area contributed by atoms with E-state index in [1.54, 1.807) is 4.90 Å². The Hall–Kier alpha value is -1.60. The molecule has 0 unspecified atom stereocenters. The largest absolute Gasteiger partial charge is 0.497 e. The van der Waals surface area contributed by atoms with Gasteiger partial charge in [0.1, 0.15) is 11.6 Å². The van der Waals surface area contributed by atoms with Crippen molar-refractivity contribution in [3.63, 3.8) is 0 Å². The van der Waals surface area contributed by atoms with Crippen LogP contribution in [0.25, 0.3) is 0 Å². The van der Waals surface area contributed by atoms with E-state index >= 15 is 0 Å². The Bertz CT molecular complexity index is 685. The first kappa shape index (κ1) is 19.2. The predicted octanol–water partition coefficient (Wildman–Crippen LogP) is 2.76. The molecule has 2 fully saturated rings. The number of hydrogen-bond donors (Lipinski definition) is 0. The average molecular weight is 363 g/mol. The minimum Gasteiger partial charge on any atom is -0.496 e. The Balaban J connectivity index is 1.96. The standard InChI is InChI=1S/C19H27BFNO4/c1-18(2)19(3,4)26-20(25-18)14-11-13(16(24-5)12-15(14)21)17(23)22-9-7-6-8-10-22/h11-12H,6-10H2,1-5H3. The maximum Gasteiger partial charge on any atom is 0.497 e. The lowest BCUT2D eigenvalue weighted by atomic mass is 9.77. The molecule has 0 bridgehead atoms. The second-order valence-corrected chi connectivity index (χ2v) is 8.02. The van der Waals surface area contributed by atoms with Gasteiger partial charge in [0.15, 0.2) is 0 Å². The van der Waals surface area contributed by atoms with Gasteiger partial charge in [0.2, 0.25) is 0 Å². The molecule has 0 atom stereocenters. The molecule has 0 saturated carbocycles. The predicted molar refractivity (Wildman–Crippen MR) is 98.4 cm³/mol. The molecule has 0 aromatic heterocycles. The van der Waals surface area contributed by atoms with Gasteiger partial charge in [-0.3, -0.25) is 4.79 Å². The van der Waals surface area contributed by atoms with Gasteiger partial charge in [0.05, 0.1) is 23.9 Å². The van der Waals surface area contributed by atoms with Gasteiger partial charge in [0.25, 0.3) is 5.91 Å². The number of piperidine rings is 1. The van der Waals surface area contributed by atoms with Crippen molar-refractivity contribution < 1.29 is 23.2 Å². The van der Waals surface area contributed by atoms with Crippen molar-refractivity contribution in [1.29, 1.82) is 0 Å². The van der Waals surface area contributed by atoms with Gasteiger partial charge in [-0.15, -0.1) is 0 Å². The molecule has 142 valence electrons.